The Morgan fingerprint density at radius 3 is 2.24 bits per heavy atom. The van der Waals surface area contributed by atoms with Crippen molar-refractivity contribution in [2.45, 2.75) is 18.2 Å². The molecule has 0 bridgehead atoms. The van der Waals surface area contributed by atoms with Crippen molar-refractivity contribution in [3.05, 3.63) is 60.2 Å². The number of aryl methyl sites for hydroxylation is 1. The van der Waals surface area contributed by atoms with Crippen LogP contribution in [0.15, 0.2) is 59.5 Å². The Kier molecular flexibility index (Phi) is 5.36. The van der Waals surface area contributed by atoms with Crippen molar-refractivity contribution in [1.82, 2.24) is 0 Å². The second-order valence-electron chi connectivity index (χ2n) is 4.60. The van der Waals surface area contributed by atoms with Gasteiger partial charge in [-0.2, -0.15) is 8.42 Å². The summed E-state index contributed by atoms with van der Waals surface area (Å²) in [5.74, 6) is 0.763. The summed E-state index contributed by atoms with van der Waals surface area (Å²) in [5, 5.41) is 0. The lowest BCUT2D eigenvalue weighted by Crippen LogP contribution is -2.10. The van der Waals surface area contributed by atoms with Crippen LogP contribution in [0.1, 0.15) is 12.0 Å². The SMILES string of the molecule is Cc1ccc(S(=O)(=O)OCCCOc2ccccc2)cc1. The van der Waals surface area contributed by atoms with Crippen molar-refractivity contribution in [1.29, 1.82) is 0 Å². The molecule has 0 aliphatic carbocycles. The number of benzene rings is 2. The number of para-hydroxylation sites is 1. The van der Waals surface area contributed by atoms with E-state index in [4.69, 9.17) is 8.92 Å². The van der Waals surface area contributed by atoms with Crippen molar-refractivity contribution < 1.29 is 17.3 Å². The molecule has 21 heavy (non-hydrogen) atoms. The van der Waals surface area contributed by atoms with E-state index >= 15 is 0 Å². The molecule has 5 heteroatoms. The van der Waals surface area contributed by atoms with Crippen LogP contribution in [0.3, 0.4) is 0 Å². The maximum Gasteiger partial charge on any atom is 0.296 e. The highest BCUT2D eigenvalue weighted by Crippen LogP contribution is 2.13. The van der Waals surface area contributed by atoms with Gasteiger partial charge in [0, 0.05) is 6.42 Å². The van der Waals surface area contributed by atoms with Gasteiger partial charge >= 0.3 is 0 Å². The molecule has 0 saturated carbocycles. The second-order valence-corrected chi connectivity index (χ2v) is 6.22. The zero-order valence-corrected chi connectivity index (χ0v) is 12.7. The molecule has 0 saturated heterocycles. The first-order valence-electron chi connectivity index (χ1n) is 6.72. The van der Waals surface area contributed by atoms with E-state index in [1.54, 1.807) is 24.3 Å². The average Bonchev–Trinajstić information content (AvgIpc) is 2.48. The molecule has 0 aromatic heterocycles. The Labute approximate surface area is 125 Å². The van der Waals surface area contributed by atoms with Gasteiger partial charge < -0.3 is 4.74 Å². The third-order valence-electron chi connectivity index (χ3n) is 2.85. The zero-order valence-electron chi connectivity index (χ0n) is 11.9. The first-order valence-corrected chi connectivity index (χ1v) is 8.13. The third kappa shape index (κ3) is 4.88. The fourth-order valence-electron chi connectivity index (χ4n) is 1.71. The molecule has 2 aromatic carbocycles. The Hall–Kier alpha value is -1.85. The van der Waals surface area contributed by atoms with E-state index in [0.717, 1.165) is 11.3 Å². The van der Waals surface area contributed by atoms with Gasteiger partial charge in [-0.3, -0.25) is 4.18 Å². The first-order chi connectivity index (χ1) is 10.1. The van der Waals surface area contributed by atoms with E-state index in [-0.39, 0.29) is 11.5 Å². The molecule has 0 unspecified atom stereocenters. The quantitative estimate of drug-likeness (QED) is 0.582. The molecular formula is C16H18O4S. The lowest BCUT2D eigenvalue weighted by molar-refractivity contribution is 0.250. The normalized spacial score (nSPS) is 11.3. The smallest absolute Gasteiger partial charge is 0.296 e. The van der Waals surface area contributed by atoms with Gasteiger partial charge in [-0.15, -0.1) is 0 Å². The Morgan fingerprint density at radius 1 is 0.905 bits per heavy atom. The Balaban J connectivity index is 1.76. The van der Waals surface area contributed by atoms with Gasteiger partial charge in [0.15, 0.2) is 0 Å². The van der Waals surface area contributed by atoms with Crippen LogP contribution in [0, 0.1) is 6.92 Å². The van der Waals surface area contributed by atoms with Crippen LogP contribution < -0.4 is 4.74 Å². The zero-order chi connectivity index (χ0) is 15.1. The number of rotatable bonds is 7. The van der Waals surface area contributed by atoms with E-state index in [1.807, 2.05) is 37.3 Å². The van der Waals surface area contributed by atoms with Gasteiger partial charge in [0.1, 0.15) is 5.75 Å². The van der Waals surface area contributed by atoms with Gasteiger partial charge in [-0.25, -0.2) is 0 Å². The minimum absolute atomic E-state index is 0.100. The third-order valence-corrected chi connectivity index (χ3v) is 4.18. The monoisotopic (exact) mass is 306 g/mol. The summed E-state index contributed by atoms with van der Waals surface area (Å²) in [5.41, 5.74) is 1.00. The maximum absolute atomic E-state index is 11.9. The molecule has 0 atom stereocenters. The fraction of sp³-hybridized carbons (Fsp3) is 0.250. The highest BCUT2D eigenvalue weighted by molar-refractivity contribution is 7.86. The van der Waals surface area contributed by atoms with Crippen molar-refractivity contribution in [3.8, 4) is 5.75 Å². The van der Waals surface area contributed by atoms with Crippen LogP contribution in [-0.2, 0) is 14.3 Å². The molecular weight excluding hydrogens is 288 g/mol. The van der Waals surface area contributed by atoms with Crippen LogP contribution in [-0.4, -0.2) is 21.6 Å². The van der Waals surface area contributed by atoms with E-state index in [2.05, 4.69) is 0 Å². The molecule has 0 amide bonds. The summed E-state index contributed by atoms with van der Waals surface area (Å²) < 4.78 is 34.3. The van der Waals surface area contributed by atoms with Crippen molar-refractivity contribution in [2.75, 3.05) is 13.2 Å². The predicted octanol–water partition coefficient (Wildman–Crippen LogP) is 3.17. The summed E-state index contributed by atoms with van der Waals surface area (Å²) in [4.78, 5) is 0.178. The number of hydrogen-bond acceptors (Lipinski definition) is 4. The molecule has 2 rings (SSSR count). The second kappa shape index (κ2) is 7.24. The minimum atomic E-state index is -3.68. The summed E-state index contributed by atoms with van der Waals surface area (Å²) in [7, 11) is -3.68. The summed E-state index contributed by atoms with van der Waals surface area (Å²) in [6.07, 6.45) is 0.500. The molecule has 112 valence electrons. The molecule has 0 fully saturated rings. The summed E-state index contributed by atoms with van der Waals surface area (Å²) in [6.45, 7) is 2.41. The fourth-order valence-corrected chi connectivity index (χ4v) is 2.65. The molecule has 0 heterocycles. The van der Waals surface area contributed by atoms with Crippen LogP contribution in [0.2, 0.25) is 0 Å². The molecule has 2 aromatic rings. The van der Waals surface area contributed by atoms with Crippen molar-refractivity contribution in [3.63, 3.8) is 0 Å². The summed E-state index contributed by atoms with van der Waals surface area (Å²) in [6, 6.07) is 16.0. The summed E-state index contributed by atoms with van der Waals surface area (Å²) >= 11 is 0. The van der Waals surface area contributed by atoms with Gasteiger partial charge in [-0.1, -0.05) is 35.9 Å². The predicted molar refractivity (Wildman–Crippen MR) is 80.9 cm³/mol. The van der Waals surface area contributed by atoms with E-state index < -0.39 is 10.1 Å². The number of ether oxygens (including phenoxy) is 1. The molecule has 0 spiro atoms. The van der Waals surface area contributed by atoms with E-state index in [9.17, 15) is 8.42 Å². The standard InChI is InChI=1S/C16H18O4S/c1-14-8-10-16(11-9-14)21(17,18)20-13-5-12-19-15-6-3-2-4-7-15/h2-4,6-11H,5,12-13H2,1H3. The minimum Gasteiger partial charge on any atom is -0.494 e. The number of hydrogen-bond donors (Lipinski definition) is 0. The van der Waals surface area contributed by atoms with Crippen LogP contribution in [0.4, 0.5) is 0 Å². The van der Waals surface area contributed by atoms with Crippen LogP contribution in [0.25, 0.3) is 0 Å². The van der Waals surface area contributed by atoms with E-state index in [0.29, 0.717) is 13.0 Å². The van der Waals surface area contributed by atoms with Crippen LogP contribution in [0.5, 0.6) is 5.75 Å². The largest absolute Gasteiger partial charge is 0.494 e. The maximum atomic E-state index is 11.9. The average molecular weight is 306 g/mol. The van der Waals surface area contributed by atoms with Gasteiger partial charge in [-0.05, 0) is 31.2 Å². The highest BCUT2D eigenvalue weighted by atomic mass is 32.2. The lowest BCUT2D eigenvalue weighted by atomic mass is 10.2. The molecule has 4 nitrogen and oxygen atoms in total. The van der Waals surface area contributed by atoms with Gasteiger partial charge in [0.25, 0.3) is 10.1 Å². The van der Waals surface area contributed by atoms with Gasteiger partial charge in [0.05, 0.1) is 18.1 Å². The highest BCUT2D eigenvalue weighted by Gasteiger charge is 2.14. The van der Waals surface area contributed by atoms with Crippen molar-refractivity contribution >= 4 is 10.1 Å². The van der Waals surface area contributed by atoms with E-state index in [1.165, 1.54) is 0 Å². The topological polar surface area (TPSA) is 52.6 Å². The molecule has 0 N–H and O–H groups in total. The Bertz CT molecular complexity index is 648. The molecule has 0 aliphatic rings. The van der Waals surface area contributed by atoms with Crippen molar-refractivity contribution in [2.24, 2.45) is 0 Å². The lowest BCUT2D eigenvalue weighted by Gasteiger charge is -2.07. The Morgan fingerprint density at radius 2 is 1.57 bits per heavy atom. The van der Waals surface area contributed by atoms with Crippen LogP contribution >= 0.6 is 0 Å². The molecule has 0 radical (unpaired) electrons. The first kappa shape index (κ1) is 15.5. The van der Waals surface area contributed by atoms with Gasteiger partial charge in [0.2, 0.25) is 0 Å². The molecule has 0 aliphatic heterocycles.